The van der Waals surface area contributed by atoms with E-state index in [0.29, 0.717) is 5.25 Å². The Morgan fingerprint density at radius 2 is 2.73 bits per heavy atom. The van der Waals surface area contributed by atoms with Crippen molar-refractivity contribution in [1.29, 1.82) is 0 Å². The third kappa shape index (κ3) is 2.80. The van der Waals surface area contributed by atoms with Gasteiger partial charge in [0.05, 0.1) is 6.54 Å². The van der Waals surface area contributed by atoms with Gasteiger partial charge in [-0.05, 0) is 0 Å². The minimum Gasteiger partial charge on any atom is -0.480 e. The number of hydrogen-bond donors (Lipinski definition) is 2. The maximum Gasteiger partial charge on any atom is 0.322 e. The van der Waals surface area contributed by atoms with Gasteiger partial charge >= 0.3 is 5.97 Å². The summed E-state index contributed by atoms with van der Waals surface area (Å²) in [5, 5.41) is 12.3. The molecule has 1 heterocycles. The summed E-state index contributed by atoms with van der Waals surface area (Å²) in [6, 6.07) is 0. The Hall–Kier alpha value is -0.710. The molecule has 0 bridgehead atoms. The number of nitrogens with zero attached hydrogens (tertiary/aromatic N) is 1. The average Bonchev–Trinajstić information content (AvgIpc) is 2.31. The lowest BCUT2D eigenvalue weighted by Crippen LogP contribution is -2.26. The monoisotopic (exact) mass is 174 g/mol. The third-order valence-electron chi connectivity index (χ3n) is 1.20. The van der Waals surface area contributed by atoms with Crippen molar-refractivity contribution in [3.63, 3.8) is 0 Å². The van der Waals surface area contributed by atoms with Crippen LogP contribution in [0.5, 0.6) is 0 Å². The van der Waals surface area contributed by atoms with Gasteiger partial charge in [0.1, 0.15) is 6.54 Å². The predicted molar refractivity (Wildman–Crippen MR) is 45.0 cm³/mol. The van der Waals surface area contributed by atoms with Gasteiger partial charge in [-0.25, -0.2) is 0 Å². The van der Waals surface area contributed by atoms with Crippen LogP contribution in [0.2, 0.25) is 0 Å². The van der Waals surface area contributed by atoms with Crippen molar-refractivity contribution in [2.75, 3.05) is 13.1 Å². The van der Waals surface area contributed by atoms with E-state index in [4.69, 9.17) is 5.11 Å². The van der Waals surface area contributed by atoms with E-state index < -0.39 is 5.97 Å². The highest BCUT2D eigenvalue weighted by Crippen LogP contribution is 2.17. The molecular weight excluding hydrogens is 164 g/mol. The van der Waals surface area contributed by atoms with E-state index in [1.54, 1.807) is 11.8 Å². The first-order valence-corrected chi connectivity index (χ1v) is 4.23. The first kappa shape index (κ1) is 8.39. The summed E-state index contributed by atoms with van der Waals surface area (Å²) < 4.78 is 0. The number of rotatable bonds is 2. The number of hydrogen-bond acceptors (Lipinski definition) is 4. The topological polar surface area (TPSA) is 61.7 Å². The number of carbonyl (C=O) groups is 1. The van der Waals surface area contributed by atoms with Crippen LogP contribution in [0.1, 0.15) is 6.92 Å². The van der Waals surface area contributed by atoms with Crippen LogP contribution < -0.4 is 5.32 Å². The molecule has 1 atom stereocenters. The molecule has 0 aliphatic carbocycles. The van der Waals surface area contributed by atoms with E-state index in [9.17, 15) is 4.79 Å². The number of nitrogens with one attached hydrogen (secondary N) is 1. The molecule has 0 amide bonds. The van der Waals surface area contributed by atoms with Crippen LogP contribution in [0.15, 0.2) is 4.99 Å². The third-order valence-corrected chi connectivity index (χ3v) is 2.24. The second kappa shape index (κ2) is 3.61. The molecule has 0 aromatic carbocycles. The SMILES string of the molecule is C[C@H]1CN=C(NCC(=O)O)S1. The number of amidine groups is 1. The van der Waals surface area contributed by atoms with E-state index in [1.165, 1.54) is 0 Å². The summed E-state index contributed by atoms with van der Waals surface area (Å²) >= 11 is 1.58. The van der Waals surface area contributed by atoms with Crippen molar-refractivity contribution in [3.8, 4) is 0 Å². The lowest BCUT2D eigenvalue weighted by Gasteiger charge is -2.01. The maximum absolute atomic E-state index is 10.1. The molecule has 1 aliphatic heterocycles. The average molecular weight is 174 g/mol. The molecular formula is C6H10N2O2S. The van der Waals surface area contributed by atoms with Gasteiger partial charge < -0.3 is 10.4 Å². The largest absolute Gasteiger partial charge is 0.480 e. The van der Waals surface area contributed by atoms with Crippen molar-refractivity contribution >= 4 is 22.9 Å². The lowest BCUT2D eigenvalue weighted by atomic mass is 10.5. The Kier molecular flexibility index (Phi) is 2.76. The van der Waals surface area contributed by atoms with E-state index in [0.717, 1.165) is 11.7 Å². The van der Waals surface area contributed by atoms with E-state index in [-0.39, 0.29) is 6.54 Å². The molecule has 1 aliphatic rings. The number of thioether (sulfide) groups is 1. The molecule has 4 nitrogen and oxygen atoms in total. The zero-order valence-electron chi connectivity index (χ0n) is 6.20. The van der Waals surface area contributed by atoms with Crippen LogP contribution >= 0.6 is 11.8 Å². The van der Waals surface area contributed by atoms with Crippen molar-refractivity contribution in [2.24, 2.45) is 4.99 Å². The van der Waals surface area contributed by atoms with Crippen molar-refractivity contribution in [2.45, 2.75) is 12.2 Å². The van der Waals surface area contributed by atoms with Crippen molar-refractivity contribution in [1.82, 2.24) is 5.32 Å². The van der Waals surface area contributed by atoms with Gasteiger partial charge in [0.2, 0.25) is 0 Å². The Bertz CT molecular complexity index is 193. The standard InChI is InChI=1S/C6H10N2O2S/c1-4-2-7-6(11-4)8-3-5(9)10/h4H,2-3H2,1H3,(H,7,8)(H,9,10)/t4-/m0/s1. The molecule has 62 valence electrons. The van der Waals surface area contributed by atoms with Gasteiger partial charge in [0, 0.05) is 5.25 Å². The zero-order valence-corrected chi connectivity index (χ0v) is 7.02. The van der Waals surface area contributed by atoms with Gasteiger partial charge in [0.25, 0.3) is 0 Å². The van der Waals surface area contributed by atoms with Crippen LogP contribution in [0.4, 0.5) is 0 Å². The summed E-state index contributed by atoms with van der Waals surface area (Å²) in [5.41, 5.74) is 0. The van der Waals surface area contributed by atoms with Gasteiger partial charge in [-0.1, -0.05) is 18.7 Å². The quantitative estimate of drug-likeness (QED) is 0.625. The predicted octanol–water partition coefficient (Wildman–Crippen LogP) is 0.152. The summed E-state index contributed by atoms with van der Waals surface area (Å²) in [7, 11) is 0. The summed E-state index contributed by atoms with van der Waals surface area (Å²) in [4.78, 5) is 14.2. The second-order valence-corrected chi connectivity index (χ2v) is 3.75. The first-order chi connectivity index (χ1) is 5.18. The normalized spacial score (nSPS) is 23.0. The van der Waals surface area contributed by atoms with Gasteiger partial charge in [-0.3, -0.25) is 9.79 Å². The molecule has 0 unspecified atom stereocenters. The minimum absolute atomic E-state index is 0.0431. The number of carboxylic acids is 1. The Morgan fingerprint density at radius 1 is 2.00 bits per heavy atom. The fourth-order valence-corrected chi connectivity index (χ4v) is 1.56. The Balaban J connectivity index is 2.23. The summed E-state index contributed by atoms with van der Waals surface area (Å²) in [6.07, 6.45) is 0. The summed E-state index contributed by atoms with van der Waals surface area (Å²) in [5.74, 6) is -0.854. The molecule has 0 fully saturated rings. The van der Waals surface area contributed by atoms with Gasteiger partial charge in [-0.2, -0.15) is 0 Å². The van der Waals surface area contributed by atoms with E-state index >= 15 is 0 Å². The molecule has 0 spiro atoms. The molecule has 1 rings (SSSR count). The van der Waals surface area contributed by atoms with Crippen LogP contribution in [0.3, 0.4) is 0 Å². The smallest absolute Gasteiger partial charge is 0.322 e. The molecule has 0 aromatic rings. The van der Waals surface area contributed by atoms with E-state index in [1.807, 2.05) is 0 Å². The molecule has 2 N–H and O–H groups in total. The van der Waals surface area contributed by atoms with Gasteiger partial charge in [-0.15, -0.1) is 0 Å². The van der Waals surface area contributed by atoms with Crippen LogP contribution in [0.25, 0.3) is 0 Å². The Labute approximate surface area is 69.1 Å². The maximum atomic E-state index is 10.1. The minimum atomic E-state index is -0.854. The molecule has 0 saturated heterocycles. The lowest BCUT2D eigenvalue weighted by molar-refractivity contribution is -0.135. The molecule has 0 aromatic heterocycles. The van der Waals surface area contributed by atoms with Crippen LogP contribution in [0, 0.1) is 0 Å². The fourth-order valence-electron chi connectivity index (χ4n) is 0.725. The highest BCUT2D eigenvalue weighted by molar-refractivity contribution is 8.14. The first-order valence-electron chi connectivity index (χ1n) is 3.35. The highest BCUT2D eigenvalue weighted by Gasteiger charge is 2.14. The van der Waals surface area contributed by atoms with Crippen LogP contribution in [-0.4, -0.2) is 34.6 Å². The molecule has 0 radical (unpaired) electrons. The molecule has 5 heteroatoms. The number of aliphatic carboxylic acids is 1. The van der Waals surface area contributed by atoms with Crippen molar-refractivity contribution < 1.29 is 9.90 Å². The molecule has 11 heavy (non-hydrogen) atoms. The number of carboxylic acid groups (broad SMARTS) is 1. The van der Waals surface area contributed by atoms with Crippen LogP contribution in [-0.2, 0) is 4.79 Å². The molecule has 0 saturated carbocycles. The van der Waals surface area contributed by atoms with Crippen molar-refractivity contribution in [3.05, 3.63) is 0 Å². The number of aliphatic imine (C=N–C) groups is 1. The van der Waals surface area contributed by atoms with Gasteiger partial charge in [0.15, 0.2) is 5.17 Å². The zero-order chi connectivity index (χ0) is 8.27. The summed E-state index contributed by atoms with van der Waals surface area (Å²) in [6.45, 7) is 2.80. The fraction of sp³-hybridized carbons (Fsp3) is 0.667. The highest BCUT2D eigenvalue weighted by atomic mass is 32.2. The Morgan fingerprint density at radius 3 is 3.18 bits per heavy atom. The van der Waals surface area contributed by atoms with E-state index in [2.05, 4.69) is 17.2 Å². The second-order valence-electron chi connectivity index (χ2n) is 2.32.